The minimum atomic E-state index is -0.403. The van der Waals surface area contributed by atoms with Crippen LogP contribution in [0.1, 0.15) is 45.4 Å². The van der Waals surface area contributed by atoms with Gasteiger partial charge in [0.1, 0.15) is 11.3 Å². The molecule has 21 heavy (non-hydrogen) atoms. The van der Waals surface area contributed by atoms with Crippen molar-refractivity contribution < 1.29 is 9.15 Å². The predicted octanol–water partition coefficient (Wildman–Crippen LogP) is 5.05. The Balaban J connectivity index is 1.99. The Hall–Kier alpha value is -2.03. The summed E-state index contributed by atoms with van der Waals surface area (Å²) in [4.78, 5) is 11.5. The molecule has 0 fully saturated rings. The summed E-state index contributed by atoms with van der Waals surface area (Å²) in [7, 11) is 0. The molecule has 1 heterocycles. The van der Waals surface area contributed by atoms with Gasteiger partial charge in [-0.1, -0.05) is 51.3 Å². The molecule has 3 nitrogen and oxygen atoms in total. The fourth-order valence-corrected chi connectivity index (χ4v) is 2.30. The normalized spacial score (nSPS) is 10.7. The monoisotopic (exact) mass is 286 g/mol. The number of rotatable bonds is 8. The molecule has 2 rings (SSSR count). The molecule has 3 heteroatoms. The van der Waals surface area contributed by atoms with E-state index >= 15 is 0 Å². The topological polar surface area (TPSA) is 39.4 Å². The van der Waals surface area contributed by atoms with Crippen LogP contribution in [-0.2, 0) is 0 Å². The van der Waals surface area contributed by atoms with Gasteiger partial charge in [-0.25, -0.2) is 4.79 Å². The van der Waals surface area contributed by atoms with Gasteiger partial charge in [0.25, 0.3) is 0 Å². The van der Waals surface area contributed by atoms with Crippen molar-refractivity contribution in [2.24, 2.45) is 0 Å². The van der Waals surface area contributed by atoms with E-state index in [1.54, 1.807) is 6.07 Å². The molecular formula is C18H22O3. The van der Waals surface area contributed by atoms with Gasteiger partial charge in [0.15, 0.2) is 0 Å². The van der Waals surface area contributed by atoms with Gasteiger partial charge >= 0.3 is 5.63 Å². The van der Waals surface area contributed by atoms with Gasteiger partial charge in [-0.05, 0) is 18.6 Å². The van der Waals surface area contributed by atoms with Crippen LogP contribution < -0.4 is 10.4 Å². The summed E-state index contributed by atoms with van der Waals surface area (Å²) in [6.45, 7) is 6.15. The van der Waals surface area contributed by atoms with Gasteiger partial charge in [0.2, 0.25) is 0 Å². The zero-order chi connectivity index (χ0) is 15.1. The van der Waals surface area contributed by atoms with E-state index in [2.05, 4.69) is 13.5 Å². The van der Waals surface area contributed by atoms with E-state index in [1.165, 1.54) is 31.7 Å². The van der Waals surface area contributed by atoms with Gasteiger partial charge in [-0.3, -0.25) is 0 Å². The molecule has 0 saturated carbocycles. The third-order valence-corrected chi connectivity index (χ3v) is 3.43. The molecular weight excluding hydrogens is 264 g/mol. The van der Waals surface area contributed by atoms with E-state index in [0.717, 1.165) is 18.2 Å². The van der Waals surface area contributed by atoms with Crippen molar-refractivity contribution in [1.82, 2.24) is 0 Å². The SMILES string of the molecule is C=C(CCCCCCC)Oc1cc(=O)oc2ccccc12. The first kappa shape index (κ1) is 15.4. The Bertz CT molecular complexity index is 655. The Morgan fingerprint density at radius 1 is 1.19 bits per heavy atom. The summed E-state index contributed by atoms with van der Waals surface area (Å²) in [5.41, 5.74) is 0.134. The lowest BCUT2D eigenvalue weighted by molar-refractivity contribution is 0.397. The first-order chi connectivity index (χ1) is 10.2. The molecule has 0 bridgehead atoms. The van der Waals surface area contributed by atoms with Crippen LogP contribution in [0.2, 0.25) is 0 Å². The number of benzene rings is 1. The molecule has 1 aromatic carbocycles. The second-order valence-electron chi connectivity index (χ2n) is 5.23. The van der Waals surface area contributed by atoms with Gasteiger partial charge in [-0.15, -0.1) is 0 Å². The van der Waals surface area contributed by atoms with Gasteiger partial charge in [0.05, 0.1) is 17.2 Å². The number of unbranched alkanes of at least 4 members (excludes halogenated alkanes) is 4. The quantitative estimate of drug-likeness (QED) is 0.387. The Morgan fingerprint density at radius 3 is 2.76 bits per heavy atom. The lowest BCUT2D eigenvalue weighted by Gasteiger charge is -2.10. The summed E-state index contributed by atoms with van der Waals surface area (Å²) < 4.78 is 10.9. The summed E-state index contributed by atoms with van der Waals surface area (Å²) in [5, 5.41) is 0.796. The molecule has 0 spiro atoms. The highest BCUT2D eigenvalue weighted by Gasteiger charge is 2.07. The standard InChI is InChI=1S/C18H22O3/c1-3-4-5-6-7-10-14(2)20-17-13-18(19)21-16-12-9-8-11-15(16)17/h8-9,11-13H,2-7,10H2,1H3. The highest BCUT2D eigenvalue weighted by molar-refractivity contribution is 5.83. The minimum Gasteiger partial charge on any atom is -0.461 e. The van der Waals surface area contributed by atoms with Crippen molar-refractivity contribution in [3.8, 4) is 5.75 Å². The smallest absolute Gasteiger partial charge is 0.339 e. The van der Waals surface area contributed by atoms with Crippen LogP contribution >= 0.6 is 0 Å². The van der Waals surface area contributed by atoms with E-state index in [1.807, 2.05) is 18.2 Å². The number of allylic oxidation sites excluding steroid dienone is 1. The molecule has 0 unspecified atom stereocenters. The first-order valence-corrected chi connectivity index (χ1v) is 7.59. The second-order valence-corrected chi connectivity index (χ2v) is 5.23. The zero-order valence-corrected chi connectivity index (χ0v) is 12.6. The van der Waals surface area contributed by atoms with E-state index in [-0.39, 0.29) is 0 Å². The van der Waals surface area contributed by atoms with Gasteiger partial charge < -0.3 is 9.15 Å². The molecule has 0 saturated heterocycles. The fraction of sp³-hybridized carbons (Fsp3) is 0.389. The summed E-state index contributed by atoms with van der Waals surface area (Å²) in [6, 6.07) is 8.74. The first-order valence-electron chi connectivity index (χ1n) is 7.59. The fourth-order valence-electron chi connectivity index (χ4n) is 2.30. The molecule has 0 aliphatic rings. The Kier molecular flexibility index (Phi) is 5.61. The highest BCUT2D eigenvalue weighted by Crippen LogP contribution is 2.25. The summed E-state index contributed by atoms with van der Waals surface area (Å²) >= 11 is 0. The Morgan fingerprint density at radius 2 is 1.95 bits per heavy atom. The van der Waals surface area contributed by atoms with Gasteiger partial charge in [0, 0.05) is 6.42 Å². The number of hydrogen-bond acceptors (Lipinski definition) is 3. The van der Waals surface area contributed by atoms with Crippen LogP contribution in [0, 0.1) is 0 Å². The zero-order valence-electron chi connectivity index (χ0n) is 12.6. The molecule has 2 aromatic rings. The number of fused-ring (bicyclic) bond motifs is 1. The van der Waals surface area contributed by atoms with Crippen molar-refractivity contribution in [3.63, 3.8) is 0 Å². The average Bonchev–Trinajstić information content (AvgIpc) is 2.47. The van der Waals surface area contributed by atoms with E-state index in [9.17, 15) is 4.79 Å². The van der Waals surface area contributed by atoms with Crippen molar-refractivity contribution in [2.75, 3.05) is 0 Å². The van der Waals surface area contributed by atoms with E-state index in [0.29, 0.717) is 17.1 Å². The highest BCUT2D eigenvalue weighted by atomic mass is 16.5. The molecule has 0 radical (unpaired) electrons. The van der Waals surface area contributed by atoms with Crippen molar-refractivity contribution in [1.29, 1.82) is 0 Å². The Labute approximate surface area is 125 Å². The maximum Gasteiger partial charge on any atom is 0.339 e. The molecule has 1 aromatic heterocycles. The van der Waals surface area contributed by atoms with E-state index < -0.39 is 5.63 Å². The number of para-hydroxylation sites is 1. The van der Waals surface area contributed by atoms with Gasteiger partial charge in [-0.2, -0.15) is 0 Å². The summed E-state index contributed by atoms with van der Waals surface area (Å²) in [6.07, 6.45) is 6.84. The van der Waals surface area contributed by atoms with Crippen molar-refractivity contribution in [2.45, 2.75) is 45.4 Å². The van der Waals surface area contributed by atoms with Crippen molar-refractivity contribution >= 4 is 11.0 Å². The van der Waals surface area contributed by atoms with Crippen LogP contribution in [0.15, 0.2) is 51.9 Å². The van der Waals surface area contributed by atoms with Crippen LogP contribution in [0.5, 0.6) is 5.75 Å². The molecule has 0 amide bonds. The van der Waals surface area contributed by atoms with Crippen molar-refractivity contribution in [3.05, 3.63) is 53.1 Å². The maximum absolute atomic E-state index is 11.5. The third-order valence-electron chi connectivity index (χ3n) is 3.43. The lowest BCUT2D eigenvalue weighted by atomic mass is 10.1. The average molecular weight is 286 g/mol. The van der Waals surface area contributed by atoms with Crippen LogP contribution in [0.4, 0.5) is 0 Å². The largest absolute Gasteiger partial charge is 0.461 e. The lowest BCUT2D eigenvalue weighted by Crippen LogP contribution is -2.01. The second kappa shape index (κ2) is 7.67. The minimum absolute atomic E-state index is 0.403. The predicted molar refractivity (Wildman–Crippen MR) is 85.6 cm³/mol. The molecule has 0 aliphatic carbocycles. The molecule has 0 N–H and O–H groups in total. The van der Waals surface area contributed by atoms with Crippen LogP contribution in [-0.4, -0.2) is 0 Å². The van der Waals surface area contributed by atoms with Crippen LogP contribution in [0.25, 0.3) is 11.0 Å². The third kappa shape index (κ3) is 4.48. The molecule has 0 aliphatic heterocycles. The summed E-state index contributed by atoms with van der Waals surface area (Å²) in [5.74, 6) is 1.22. The van der Waals surface area contributed by atoms with Crippen LogP contribution in [0.3, 0.4) is 0 Å². The molecule has 0 atom stereocenters. The number of ether oxygens (including phenoxy) is 1. The number of hydrogen-bond donors (Lipinski definition) is 0. The maximum atomic E-state index is 11.5. The molecule has 112 valence electrons. The van der Waals surface area contributed by atoms with E-state index in [4.69, 9.17) is 9.15 Å².